The number of nitrogens with zero attached hydrogens (tertiary/aromatic N) is 1. The molecule has 2 heterocycles. The average molecular weight is 292 g/mol. The van der Waals surface area contributed by atoms with E-state index in [-0.39, 0.29) is 17.7 Å². The van der Waals surface area contributed by atoms with Gasteiger partial charge in [0.15, 0.2) is 11.6 Å². The summed E-state index contributed by atoms with van der Waals surface area (Å²) in [7, 11) is 0. The predicted octanol–water partition coefficient (Wildman–Crippen LogP) is 2.05. The van der Waals surface area contributed by atoms with Gasteiger partial charge >= 0.3 is 0 Å². The van der Waals surface area contributed by atoms with Crippen LogP contribution in [0.5, 0.6) is 5.75 Å². The smallest absolute Gasteiger partial charge is 0.258 e. The maximum atomic E-state index is 13.9. The number of carbonyl (C=O) groups is 1. The third kappa shape index (κ3) is 2.62. The van der Waals surface area contributed by atoms with Crippen molar-refractivity contribution in [3.05, 3.63) is 29.6 Å². The van der Waals surface area contributed by atoms with Gasteiger partial charge in [-0.05, 0) is 37.8 Å². The number of fused-ring (bicyclic) bond motifs is 1. The number of carbonyl (C=O) groups excluding carboxylic acids is 1. The largest absolute Gasteiger partial charge is 0.490 e. The topological polar surface area (TPSA) is 41.6 Å². The maximum absolute atomic E-state index is 13.9. The highest BCUT2D eigenvalue weighted by Crippen LogP contribution is 2.30. The van der Waals surface area contributed by atoms with Crippen LogP contribution >= 0.6 is 0 Å². The first-order valence-electron chi connectivity index (χ1n) is 7.65. The quantitative estimate of drug-likeness (QED) is 0.927. The third-order valence-electron chi connectivity index (χ3n) is 4.43. The Hall–Kier alpha value is -1.62. The second kappa shape index (κ2) is 6.02. The van der Waals surface area contributed by atoms with Gasteiger partial charge in [-0.2, -0.15) is 0 Å². The molecule has 0 spiro atoms. The number of likely N-dealkylation sites (tertiary alicyclic amines) is 1. The summed E-state index contributed by atoms with van der Waals surface area (Å²) in [6.45, 7) is 4.67. The third-order valence-corrected chi connectivity index (χ3v) is 4.43. The van der Waals surface area contributed by atoms with Gasteiger partial charge in [-0.3, -0.25) is 4.79 Å². The fraction of sp³-hybridized carbons (Fsp3) is 0.562. The fourth-order valence-corrected chi connectivity index (χ4v) is 3.44. The van der Waals surface area contributed by atoms with E-state index in [0.29, 0.717) is 18.1 Å². The molecule has 2 aliphatic heterocycles. The lowest BCUT2D eigenvalue weighted by molar-refractivity contribution is 0.0570. The lowest BCUT2D eigenvalue weighted by atomic mass is 9.91. The normalized spacial score (nSPS) is 24.8. The van der Waals surface area contributed by atoms with Crippen molar-refractivity contribution >= 4 is 5.91 Å². The molecular formula is C16H21FN2O2. The highest BCUT2D eigenvalue weighted by molar-refractivity contribution is 5.97. The molecule has 5 heteroatoms. The van der Waals surface area contributed by atoms with Crippen molar-refractivity contribution < 1.29 is 13.9 Å². The van der Waals surface area contributed by atoms with Gasteiger partial charge in [0.2, 0.25) is 0 Å². The first-order chi connectivity index (χ1) is 10.2. The zero-order valence-electron chi connectivity index (χ0n) is 12.3. The number of nitrogens with one attached hydrogen (secondary N) is 1. The monoisotopic (exact) mass is 292 g/mol. The van der Waals surface area contributed by atoms with Crippen LogP contribution in [0.25, 0.3) is 0 Å². The summed E-state index contributed by atoms with van der Waals surface area (Å²) in [5.74, 6) is 0.0158. The van der Waals surface area contributed by atoms with Gasteiger partial charge in [0.05, 0.1) is 12.2 Å². The molecule has 2 fully saturated rings. The minimum atomic E-state index is -0.471. The van der Waals surface area contributed by atoms with E-state index >= 15 is 0 Å². The molecule has 1 aromatic rings. The summed E-state index contributed by atoms with van der Waals surface area (Å²) in [6.07, 6.45) is 2.16. The van der Waals surface area contributed by atoms with E-state index < -0.39 is 5.82 Å². The number of ether oxygens (including phenoxy) is 1. The first kappa shape index (κ1) is 14.3. The van der Waals surface area contributed by atoms with Crippen LogP contribution in [-0.4, -0.2) is 43.1 Å². The molecule has 0 aliphatic carbocycles. The zero-order chi connectivity index (χ0) is 14.8. The van der Waals surface area contributed by atoms with Crippen LogP contribution in [0.4, 0.5) is 4.39 Å². The van der Waals surface area contributed by atoms with Crippen molar-refractivity contribution in [1.82, 2.24) is 10.2 Å². The van der Waals surface area contributed by atoms with E-state index in [0.717, 1.165) is 32.5 Å². The lowest BCUT2D eigenvalue weighted by Gasteiger charge is -2.37. The highest BCUT2D eigenvalue weighted by atomic mass is 19.1. The summed E-state index contributed by atoms with van der Waals surface area (Å²) in [5.41, 5.74) is 0.337. The number of benzene rings is 1. The molecule has 0 unspecified atom stereocenters. The SMILES string of the molecule is CCOc1c(F)cccc1C(=O)N1CCC[C@H]2CNC[C@H]21. The molecule has 2 atom stereocenters. The Morgan fingerprint density at radius 1 is 1.48 bits per heavy atom. The van der Waals surface area contributed by atoms with Gasteiger partial charge < -0.3 is 15.0 Å². The van der Waals surface area contributed by atoms with Gasteiger partial charge in [-0.25, -0.2) is 4.39 Å². The maximum Gasteiger partial charge on any atom is 0.258 e. The lowest BCUT2D eigenvalue weighted by Crippen LogP contribution is -2.48. The highest BCUT2D eigenvalue weighted by Gasteiger charge is 2.38. The zero-order valence-corrected chi connectivity index (χ0v) is 12.3. The van der Waals surface area contributed by atoms with Crippen molar-refractivity contribution in [2.45, 2.75) is 25.8 Å². The molecule has 114 valence electrons. The molecule has 2 aliphatic rings. The average Bonchev–Trinajstić information content (AvgIpc) is 2.97. The minimum absolute atomic E-state index is 0.0816. The molecule has 0 bridgehead atoms. The Morgan fingerprint density at radius 2 is 2.33 bits per heavy atom. The number of halogens is 1. The van der Waals surface area contributed by atoms with E-state index in [9.17, 15) is 9.18 Å². The second-order valence-corrected chi connectivity index (χ2v) is 5.68. The number of hydrogen-bond acceptors (Lipinski definition) is 3. The van der Waals surface area contributed by atoms with Crippen molar-refractivity contribution in [2.24, 2.45) is 5.92 Å². The van der Waals surface area contributed by atoms with Crippen LogP contribution in [0.2, 0.25) is 0 Å². The molecule has 0 radical (unpaired) electrons. The number of para-hydroxylation sites is 1. The number of hydrogen-bond donors (Lipinski definition) is 1. The Morgan fingerprint density at radius 3 is 3.14 bits per heavy atom. The molecule has 0 aromatic heterocycles. The molecule has 2 saturated heterocycles. The molecule has 1 aromatic carbocycles. The fourth-order valence-electron chi connectivity index (χ4n) is 3.44. The summed E-state index contributed by atoms with van der Waals surface area (Å²) in [6, 6.07) is 4.78. The van der Waals surface area contributed by atoms with E-state index in [1.807, 2.05) is 4.90 Å². The molecule has 21 heavy (non-hydrogen) atoms. The van der Waals surface area contributed by atoms with E-state index in [2.05, 4.69) is 5.32 Å². The number of piperidine rings is 1. The summed E-state index contributed by atoms with van der Waals surface area (Å²) in [5, 5.41) is 3.35. The molecule has 3 rings (SSSR count). The van der Waals surface area contributed by atoms with E-state index in [1.165, 1.54) is 6.07 Å². The Labute approximate surface area is 124 Å². The van der Waals surface area contributed by atoms with Crippen molar-refractivity contribution in [3.63, 3.8) is 0 Å². The van der Waals surface area contributed by atoms with Gasteiger partial charge in [0.25, 0.3) is 5.91 Å². The number of amides is 1. The van der Waals surface area contributed by atoms with Crippen LogP contribution in [0.15, 0.2) is 18.2 Å². The Balaban J connectivity index is 1.89. The van der Waals surface area contributed by atoms with Crippen LogP contribution in [-0.2, 0) is 0 Å². The van der Waals surface area contributed by atoms with Crippen molar-refractivity contribution in [1.29, 1.82) is 0 Å². The van der Waals surface area contributed by atoms with Gasteiger partial charge in [0, 0.05) is 25.7 Å². The van der Waals surface area contributed by atoms with Crippen LogP contribution in [0, 0.1) is 11.7 Å². The summed E-state index contributed by atoms with van der Waals surface area (Å²) < 4.78 is 19.3. The molecule has 1 amide bonds. The van der Waals surface area contributed by atoms with Crippen molar-refractivity contribution in [2.75, 3.05) is 26.2 Å². The Kier molecular flexibility index (Phi) is 4.10. The van der Waals surface area contributed by atoms with E-state index in [4.69, 9.17) is 4.74 Å². The molecule has 1 N–H and O–H groups in total. The molecular weight excluding hydrogens is 271 g/mol. The standard InChI is InChI=1S/C16H21FN2O2/c1-2-21-15-12(6-3-7-13(15)17)16(20)19-8-4-5-11-9-18-10-14(11)19/h3,6-7,11,14,18H,2,4-5,8-10H2,1H3/t11-,14+/m0/s1. The van der Waals surface area contributed by atoms with Gasteiger partial charge in [0.1, 0.15) is 0 Å². The summed E-state index contributed by atoms with van der Waals surface area (Å²) >= 11 is 0. The van der Waals surface area contributed by atoms with Crippen molar-refractivity contribution in [3.8, 4) is 5.75 Å². The molecule has 0 saturated carbocycles. The minimum Gasteiger partial charge on any atom is -0.490 e. The molecule has 4 nitrogen and oxygen atoms in total. The van der Waals surface area contributed by atoms with E-state index in [1.54, 1.807) is 19.1 Å². The summed E-state index contributed by atoms with van der Waals surface area (Å²) in [4.78, 5) is 14.7. The van der Waals surface area contributed by atoms with Crippen LogP contribution in [0.1, 0.15) is 30.1 Å². The van der Waals surface area contributed by atoms with Gasteiger partial charge in [-0.15, -0.1) is 0 Å². The second-order valence-electron chi connectivity index (χ2n) is 5.68. The number of rotatable bonds is 3. The first-order valence-corrected chi connectivity index (χ1v) is 7.65. The predicted molar refractivity (Wildman–Crippen MR) is 78.0 cm³/mol. The van der Waals surface area contributed by atoms with Gasteiger partial charge in [-0.1, -0.05) is 6.07 Å². The Bertz CT molecular complexity index is 535. The van der Waals surface area contributed by atoms with Crippen LogP contribution < -0.4 is 10.1 Å². The van der Waals surface area contributed by atoms with Crippen LogP contribution in [0.3, 0.4) is 0 Å².